The molecule has 0 bridgehead atoms. The van der Waals surface area contributed by atoms with Gasteiger partial charge in [0.1, 0.15) is 6.10 Å². The lowest BCUT2D eigenvalue weighted by atomic mass is 10.1. The average molecular weight is 335 g/mol. The van der Waals surface area contributed by atoms with Gasteiger partial charge in [0.25, 0.3) is 5.91 Å². The number of nitrogens with zero attached hydrogens (tertiary/aromatic N) is 5. The van der Waals surface area contributed by atoms with E-state index in [4.69, 9.17) is 4.74 Å². The predicted molar refractivity (Wildman–Crippen MR) is 91.1 cm³/mol. The van der Waals surface area contributed by atoms with Crippen LogP contribution in [0.2, 0.25) is 0 Å². The fourth-order valence-electron chi connectivity index (χ4n) is 3.01. The van der Waals surface area contributed by atoms with Crippen molar-refractivity contribution in [3.63, 3.8) is 0 Å². The maximum absolute atomic E-state index is 12.8. The molecule has 4 rings (SSSR count). The van der Waals surface area contributed by atoms with Crippen molar-refractivity contribution >= 4 is 16.9 Å². The third-order valence-electron chi connectivity index (χ3n) is 4.21. The molecular formula is C18H17N5O2. The van der Waals surface area contributed by atoms with Gasteiger partial charge in [-0.25, -0.2) is 4.98 Å². The van der Waals surface area contributed by atoms with E-state index in [2.05, 4.69) is 19.9 Å². The number of hydrogen-bond donors (Lipinski definition) is 0. The van der Waals surface area contributed by atoms with Crippen LogP contribution in [0.15, 0.2) is 49.2 Å². The van der Waals surface area contributed by atoms with Crippen LogP contribution >= 0.6 is 0 Å². The van der Waals surface area contributed by atoms with Gasteiger partial charge in [-0.2, -0.15) is 0 Å². The number of carbonyl (C=O) groups excluding carboxylic acids is 1. The SMILES string of the molecule is O=C(c1ccc2nccnc2c1)N1CCCC(Oc2cnccn2)C1. The number of benzene rings is 1. The Hall–Kier alpha value is -3.09. The van der Waals surface area contributed by atoms with Crippen molar-refractivity contribution < 1.29 is 9.53 Å². The molecule has 0 saturated carbocycles. The molecule has 1 saturated heterocycles. The fraction of sp³-hybridized carbons (Fsp3) is 0.278. The Morgan fingerprint density at radius 1 is 1.08 bits per heavy atom. The lowest BCUT2D eigenvalue weighted by Crippen LogP contribution is -2.44. The Balaban J connectivity index is 1.49. The molecule has 0 aliphatic carbocycles. The van der Waals surface area contributed by atoms with Crippen LogP contribution in [-0.4, -0.2) is 49.9 Å². The number of carbonyl (C=O) groups is 1. The van der Waals surface area contributed by atoms with Crippen LogP contribution in [0.25, 0.3) is 11.0 Å². The quantitative estimate of drug-likeness (QED) is 0.729. The molecule has 0 spiro atoms. The molecule has 1 aromatic carbocycles. The van der Waals surface area contributed by atoms with E-state index in [-0.39, 0.29) is 12.0 Å². The third kappa shape index (κ3) is 3.40. The monoisotopic (exact) mass is 335 g/mol. The number of aromatic nitrogens is 4. The van der Waals surface area contributed by atoms with Crippen LogP contribution < -0.4 is 4.74 Å². The second kappa shape index (κ2) is 6.80. The van der Waals surface area contributed by atoms with E-state index < -0.39 is 0 Å². The van der Waals surface area contributed by atoms with Crippen molar-refractivity contribution in [3.8, 4) is 5.88 Å². The minimum atomic E-state index is -0.0744. The molecule has 1 aliphatic heterocycles. The summed E-state index contributed by atoms with van der Waals surface area (Å²) in [5, 5.41) is 0. The number of hydrogen-bond acceptors (Lipinski definition) is 6. The third-order valence-corrected chi connectivity index (χ3v) is 4.21. The molecule has 7 heteroatoms. The van der Waals surface area contributed by atoms with E-state index in [9.17, 15) is 4.79 Å². The molecule has 1 aliphatic rings. The number of ether oxygens (including phenoxy) is 1. The van der Waals surface area contributed by atoms with E-state index >= 15 is 0 Å². The summed E-state index contributed by atoms with van der Waals surface area (Å²) >= 11 is 0. The van der Waals surface area contributed by atoms with Crippen molar-refractivity contribution in [1.29, 1.82) is 0 Å². The van der Waals surface area contributed by atoms with E-state index in [1.807, 2.05) is 11.0 Å². The highest BCUT2D eigenvalue weighted by molar-refractivity contribution is 5.97. The van der Waals surface area contributed by atoms with Crippen LogP contribution in [0.3, 0.4) is 0 Å². The molecule has 3 heterocycles. The summed E-state index contributed by atoms with van der Waals surface area (Å²) in [4.78, 5) is 31.3. The average Bonchev–Trinajstić information content (AvgIpc) is 2.68. The lowest BCUT2D eigenvalue weighted by Gasteiger charge is -2.32. The smallest absolute Gasteiger partial charge is 0.254 e. The Kier molecular flexibility index (Phi) is 4.20. The lowest BCUT2D eigenvalue weighted by molar-refractivity contribution is 0.0527. The van der Waals surface area contributed by atoms with Gasteiger partial charge < -0.3 is 9.64 Å². The fourth-order valence-corrected chi connectivity index (χ4v) is 3.01. The predicted octanol–water partition coefficient (Wildman–Crippen LogP) is 2.10. The Morgan fingerprint density at radius 3 is 2.76 bits per heavy atom. The van der Waals surface area contributed by atoms with Gasteiger partial charge in [0.15, 0.2) is 0 Å². The van der Waals surface area contributed by atoms with Crippen molar-refractivity contribution in [2.45, 2.75) is 18.9 Å². The van der Waals surface area contributed by atoms with E-state index in [1.54, 1.807) is 43.1 Å². The van der Waals surface area contributed by atoms with Gasteiger partial charge in [0.05, 0.1) is 23.8 Å². The van der Waals surface area contributed by atoms with Gasteiger partial charge in [0.2, 0.25) is 5.88 Å². The maximum atomic E-state index is 12.8. The van der Waals surface area contributed by atoms with Gasteiger partial charge >= 0.3 is 0 Å². The first-order chi connectivity index (χ1) is 12.3. The van der Waals surface area contributed by atoms with Gasteiger partial charge in [-0.05, 0) is 31.0 Å². The number of amides is 1. The number of rotatable bonds is 3. The van der Waals surface area contributed by atoms with Gasteiger partial charge in [0, 0.05) is 36.9 Å². The summed E-state index contributed by atoms with van der Waals surface area (Å²) in [7, 11) is 0. The molecule has 3 aromatic rings. The summed E-state index contributed by atoms with van der Waals surface area (Å²) in [5.41, 5.74) is 2.12. The first-order valence-corrected chi connectivity index (χ1v) is 8.22. The van der Waals surface area contributed by atoms with Crippen LogP contribution in [-0.2, 0) is 0 Å². The Labute approximate surface area is 144 Å². The molecule has 1 atom stereocenters. The normalized spacial score (nSPS) is 17.4. The zero-order valence-electron chi connectivity index (χ0n) is 13.6. The maximum Gasteiger partial charge on any atom is 0.254 e. The van der Waals surface area contributed by atoms with Crippen molar-refractivity contribution in [2.24, 2.45) is 0 Å². The molecule has 2 aromatic heterocycles. The van der Waals surface area contributed by atoms with Crippen LogP contribution in [0.5, 0.6) is 5.88 Å². The highest BCUT2D eigenvalue weighted by Crippen LogP contribution is 2.19. The first-order valence-electron chi connectivity index (χ1n) is 8.22. The summed E-state index contributed by atoms with van der Waals surface area (Å²) in [6.07, 6.45) is 9.76. The molecule has 25 heavy (non-hydrogen) atoms. The molecular weight excluding hydrogens is 318 g/mol. The summed E-state index contributed by atoms with van der Waals surface area (Å²) in [6.45, 7) is 1.26. The number of likely N-dealkylation sites (tertiary alicyclic amines) is 1. The summed E-state index contributed by atoms with van der Waals surface area (Å²) in [5.74, 6) is 0.475. The second-order valence-corrected chi connectivity index (χ2v) is 5.94. The van der Waals surface area contributed by atoms with E-state index in [0.29, 0.717) is 18.0 Å². The highest BCUT2D eigenvalue weighted by Gasteiger charge is 2.26. The Morgan fingerprint density at radius 2 is 1.92 bits per heavy atom. The van der Waals surface area contributed by atoms with Crippen LogP contribution in [0, 0.1) is 0 Å². The van der Waals surface area contributed by atoms with Crippen LogP contribution in [0.4, 0.5) is 0 Å². The zero-order chi connectivity index (χ0) is 17.1. The van der Waals surface area contributed by atoms with Crippen molar-refractivity contribution in [2.75, 3.05) is 13.1 Å². The zero-order valence-corrected chi connectivity index (χ0v) is 13.6. The van der Waals surface area contributed by atoms with Crippen LogP contribution in [0.1, 0.15) is 23.2 Å². The van der Waals surface area contributed by atoms with Gasteiger partial charge in [-0.3, -0.25) is 19.7 Å². The van der Waals surface area contributed by atoms with Gasteiger partial charge in [-0.15, -0.1) is 0 Å². The van der Waals surface area contributed by atoms with Crippen molar-refractivity contribution in [1.82, 2.24) is 24.8 Å². The van der Waals surface area contributed by atoms with Gasteiger partial charge in [-0.1, -0.05) is 0 Å². The molecule has 126 valence electrons. The molecule has 1 fully saturated rings. The van der Waals surface area contributed by atoms with E-state index in [0.717, 1.165) is 30.4 Å². The molecule has 1 unspecified atom stereocenters. The second-order valence-electron chi connectivity index (χ2n) is 5.94. The van der Waals surface area contributed by atoms with E-state index in [1.165, 1.54) is 0 Å². The Bertz CT molecular complexity index is 887. The standard InChI is InChI=1S/C18H17N5O2/c24-18(13-3-4-15-16(10-13)21-8-7-20-15)23-9-1-2-14(12-23)25-17-11-19-5-6-22-17/h3-8,10-11,14H,1-2,9,12H2. The largest absolute Gasteiger partial charge is 0.471 e. The topological polar surface area (TPSA) is 81.1 Å². The molecule has 0 radical (unpaired) electrons. The first kappa shape index (κ1) is 15.4. The molecule has 0 N–H and O–H groups in total. The molecule has 1 amide bonds. The minimum absolute atomic E-state index is 0.0139. The number of fused-ring (bicyclic) bond motifs is 1. The molecule has 7 nitrogen and oxygen atoms in total. The minimum Gasteiger partial charge on any atom is -0.471 e. The summed E-state index contributed by atoms with van der Waals surface area (Å²) < 4.78 is 5.85. The van der Waals surface area contributed by atoms with Crippen molar-refractivity contribution in [3.05, 3.63) is 54.7 Å². The highest BCUT2D eigenvalue weighted by atomic mass is 16.5. The number of piperidine rings is 1. The summed E-state index contributed by atoms with van der Waals surface area (Å²) in [6, 6.07) is 5.41.